The van der Waals surface area contributed by atoms with Gasteiger partial charge in [0, 0.05) is 17.8 Å². The summed E-state index contributed by atoms with van der Waals surface area (Å²) in [6, 6.07) is 15.5. The van der Waals surface area contributed by atoms with E-state index in [0.29, 0.717) is 35.7 Å². The number of likely N-dealkylation sites (tertiary alicyclic amines) is 1. The topological polar surface area (TPSA) is 71.3 Å². The molecule has 4 rings (SSSR count). The number of anilines is 1. The van der Waals surface area contributed by atoms with E-state index in [1.165, 1.54) is 5.56 Å². The van der Waals surface area contributed by atoms with Gasteiger partial charge in [0.15, 0.2) is 0 Å². The van der Waals surface area contributed by atoms with Crippen LogP contribution in [0.15, 0.2) is 53.1 Å². The molecule has 0 radical (unpaired) electrons. The van der Waals surface area contributed by atoms with Gasteiger partial charge in [-0.2, -0.15) is 4.98 Å². The maximum atomic E-state index is 12.8. The second-order valence-corrected chi connectivity index (χ2v) is 8.74. The van der Waals surface area contributed by atoms with Gasteiger partial charge in [0.2, 0.25) is 17.6 Å². The summed E-state index contributed by atoms with van der Waals surface area (Å²) in [7, 11) is 0. The molecule has 1 aliphatic heterocycles. The molecule has 1 fully saturated rings. The van der Waals surface area contributed by atoms with Crippen LogP contribution in [0.5, 0.6) is 0 Å². The summed E-state index contributed by atoms with van der Waals surface area (Å²) < 4.78 is 5.44. The van der Waals surface area contributed by atoms with Gasteiger partial charge >= 0.3 is 0 Å². The second-order valence-electron chi connectivity index (χ2n) is 8.33. The van der Waals surface area contributed by atoms with Gasteiger partial charge in [0.1, 0.15) is 0 Å². The number of hydrogen-bond donors (Lipinski definition) is 1. The Bertz CT molecular complexity index is 1030. The van der Waals surface area contributed by atoms with Gasteiger partial charge < -0.3 is 9.84 Å². The zero-order valence-electron chi connectivity index (χ0n) is 17.8. The molecule has 0 bridgehead atoms. The molecule has 7 heteroatoms. The zero-order chi connectivity index (χ0) is 21.8. The Morgan fingerprint density at radius 3 is 2.74 bits per heavy atom. The fraction of sp³-hybridized carbons (Fsp3) is 0.375. The molecule has 1 atom stereocenters. The Labute approximate surface area is 187 Å². The molecule has 3 aromatic rings. The van der Waals surface area contributed by atoms with E-state index in [0.717, 1.165) is 30.6 Å². The number of amides is 1. The number of carbonyl (C=O) groups is 1. The summed E-state index contributed by atoms with van der Waals surface area (Å²) in [5.74, 6) is 1.48. The predicted molar refractivity (Wildman–Crippen MR) is 122 cm³/mol. The van der Waals surface area contributed by atoms with E-state index in [1.807, 2.05) is 30.3 Å². The highest BCUT2D eigenvalue weighted by atomic mass is 35.5. The second kappa shape index (κ2) is 9.62. The van der Waals surface area contributed by atoms with Crippen LogP contribution < -0.4 is 5.32 Å². The van der Waals surface area contributed by atoms with E-state index >= 15 is 0 Å². The quantitative estimate of drug-likeness (QED) is 0.560. The molecule has 1 unspecified atom stereocenters. The third-order valence-electron chi connectivity index (χ3n) is 5.66. The highest BCUT2D eigenvalue weighted by Gasteiger charge is 2.27. The molecule has 2 aromatic carbocycles. The monoisotopic (exact) mass is 438 g/mol. The van der Waals surface area contributed by atoms with Gasteiger partial charge in [0.05, 0.1) is 17.5 Å². The fourth-order valence-corrected chi connectivity index (χ4v) is 4.09. The minimum Gasteiger partial charge on any atom is -0.338 e. The van der Waals surface area contributed by atoms with Crippen molar-refractivity contribution in [2.45, 2.75) is 39.2 Å². The molecule has 1 saturated heterocycles. The van der Waals surface area contributed by atoms with Crippen molar-refractivity contribution in [3.63, 3.8) is 0 Å². The molecule has 0 saturated carbocycles. The first-order valence-electron chi connectivity index (χ1n) is 10.7. The predicted octanol–water partition coefficient (Wildman–Crippen LogP) is 5.36. The van der Waals surface area contributed by atoms with Crippen LogP contribution in [0, 0.1) is 5.92 Å². The molecule has 1 amide bonds. The summed E-state index contributed by atoms with van der Waals surface area (Å²) in [6.07, 6.45) is 1.83. The lowest BCUT2D eigenvalue weighted by Gasteiger charge is -2.30. The van der Waals surface area contributed by atoms with Gasteiger partial charge in [-0.05, 0) is 55.1 Å². The van der Waals surface area contributed by atoms with Crippen LogP contribution in [0.25, 0.3) is 11.4 Å². The van der Waals surface area contributed by atoms with Crippen LogP contribution >= 0.6 is 11.6 Å². The van der Waals surface area contributed by atoms with Gasteiger partial charge in [-0.25, -0.2) is 0 Å². The lowest BCUT2D eigenvalue weighted by molar-refractivity contribution is -0.121. The van der Waals surface area contributed by atoms with Crippen LogP contribution in [-0.4, -0.2) is 34.0 Å². The molecule has 31 heavy (non-hydrogen) atoms. The van der Waals surface area contributed by atoms with Gasteiger partial charge in [-0.1, -0.05) is 54.9 Å². The highest BCUT2D eigenvalue weighted by Crippen LogP contribution is 2.26. The Morgan fingerprint density at radius 2 is 2.00 bits per heavy atom. The Morgan fingerprint density at radius 1 is 1.23 bits per heavy atom. The first-order valence-corrected chi connectivity index (χ1v) is 11.1. The molecule has 162 valence electrons. The zero-order valence-corrected chi connectivity index (χ0v) is 18.6. The van der Waals surface area contributed by atoms with E-state index < -0.39 is 0 Å². The average Bonchev–Trinajstić information content (AvgIpc) is 3.22. The van der Waals surface area contributed by atoms with Gasteiger partial charge in [-0.15, -0.1) is 0 Å². The van der Waals surface area contributed by atoms with Crippen molar-refractivity contribution >= 4 is 23.2 Å². The number of nitrogens with zero attached hydrogens (tertiary/aromatic N) is 3. The number of carbonyl (C=O) groups excluding carboxylic acids is 1. The highest BCUT2D eigenvalue weighted by molar-refractivity contribution is 6.33. The van der Waals surface area contributed by atoms with Crippen LogP contribution in [0.4, 0.5) is 5.69 Å². The van der Waals surface area contributed by atoms with Crippen molar-refractivity contribution in [3.05, 3.63) is 65.0 Å². The molecule has 6 nitrogen and oxygen atoms in total. The summed E-state index contributed by atoms with van der Waals surface area (Å²) in [6.45, 7) is 6.40. The smallest absolute Gasteiger partial charge is 0.241 e. The normalized spacial score (nSPS) is 17.1. The minimum atomic E-state index is -0.0653. The summed E-state index contributed by atoms with van der Waals surface area (Å²) in [5.41, 5.74) is 2.85. The van der Waals surface area contributed by atoms with Crippen molar-refractivity contribution in [1.82, 2.24) is 15.0 Å². The largest absolute Gasteiger partial charge is 0.338 e. The Balaban J connectivity index is 1.35. The maximum absolute atomic E-state index is 12.8. The van der Waals surface area contributed by atoms with Crippen LogP contribution in [-0.2, 0) is 11.3 Å². The van der Waals surface area contributed by atoms with Crippen molar-refractivity contribution < 1.29 is 9.32 Å². The van der Waals surface area contributed by atoms with Crippen LogP contribution in [0.2, 0.25) is 5.02 Å². The molecule has 1 aliphatic rings. The third-order valence-corrected chi connectivity index (χ3v) is 5.99. The number of benzene rings is 2. The number of piperidine rings is 1. The lowest BCUT2D eigenvalue weighted by Crippen LogP contribution is -2.40. The summed E-state index contributed by atoms with van der Waals surface area (Å²) in [5, 5.41) is 7.72. The minimum absolute atomic E-state index is 0.0595. The Kier molecular flexibility index (Phi) is 6.68. The Hall–Kier alpha value is -2.70. The summed E-state index contributed by atoms with van der Waals surface area (Å²) >= 11 is 6.23. The molecular formula is C24H27ClN4O2. The molecule has 0 spiro atoms. The van der Waals surface area contributed by atoms with E-state index in [1.54, 1.807) is 6.07 Å². The SMILES string of the molecule is CC(C)c1ccc(NC(=O)C2CCCN(Cc3nc(-c4ccccc4Cl)no3)C2)cc1. The first kappa shape index (κ1) is 21.5. The maximum Gasteiger partial charge on any atom is 0.241 e. The number of nitrogens with one attached hydrogen (secondary N) is 1. The fourth-order valence-electron chi connectivity index (χ4n) is 3.87. The summed E-state index contributed by atoms with van der Waals surface area (Å²) in [4.78, 5) is 19.5. The molecular weight excluding hydrogens is 412 g/mol. The van der Waals surface area contributed by atoms with Crippen LogP contribution in [0.3, 0.4) is 0 Å². The third kappa shape index (κ3) is 5.32. The molecule has 0 aliphatic carbocycles. The van der Waals surface area contributed by atoms with E-state index in [4.69, 9.17) is 16.1 Å². The van der Waals surface area contributed by atoms with E-state index in [9.17, 15) is 4.79 Å². The number of hydrogen-bond acceptors (Lipinski definition) is 5. The van der Waals surface area contributed by atoms with Crippen molar-refractivity contribution in [1.29, 1.82) is 0 Å². The van der Waals surface area contributed by atoms with Crippen molar-refractivity contribution in [3.8, 4) is 11.4 Å². The number of aromatic nitrogens is 2. The standard InChI is InChI=1S/C24H27ClN4O2/c1-16(2)17-9-11-19(12-10-17)26-24(30)18-6-5-13-29(14-18)15-22-27-23(28-31-22)20-7-3-4-8-21(20)25/h3-4,7-12,16,18H,5-6,13-15H2,1-2H3,(H,26,30). The van der Waals surface area contributed by atoms with E-state index in [-0.39, 0.29) is 11.8 Å². The number of halogens is 1. The molecule has 1 N–H and O–H groups in total. The van der Waals surface area contributed by atoms with Gasteiger partial charge in [0.25, 0.3) is 0 Å². The number of rotatable bonds is 6. The molecule has 1 aromatic heterocycles. The average molecular weight is 439 g/mol. The van der Waals surface area contributed by atoms with E-state index in [2.05, 4.69) is 46.3 Å². The van der Waals surface area contributed by atoms with Crippen LogP contribution in [0.1, 0.15) is 44.1 Å². The van der Waals surface area contributed by atoms with Crippen molar-refractivity contribution in [2.24, 2.45) is 5.92 Å². The van der Waals surface area contributed by atoms with Crippen molar-refractivity contribution in [2.75, 3.05) is 18.4 Å². The first-order chi connectivity index (χ1) is 15.0. The lowest BCUT2D eigenvalue weighted by atomic mass is 9.97. The van der Waals surface area contributed by atoms with Gasteiger partial charge in [-0.3, -0.25) is 9.69 Å². The molecule has 2 heterocycles.